The number of hydrogen-bond acceptors (Lipinski definition) is 2. The number of aliphatic hydroxyl groups is 1. The number of carboxylic acids is 1. The molecule has 0 spiro atoms. The van der Waals surface area contributed by atoms with E-state index in [1.54, 1.807) is 0 Å². The van der Waals surface area contributed by atoms with Crippen molar-refractivity contribution in [3.63, 3.8) is 0 Å². The third-order valence-electron chi connectivity index (χ3n) is 0.135. The van der Waals surface area contributed by atoms with Crippen LogP contribution in [0.2, 0.25) is 0 Å². The van der Waals surface area contributed by atoms with Gasteiger partial charge in [-0.15, -0.1) is 0 Å². The number of aliphatic carboxylic acids is 1. The molecule has 0 aliphatic carbocycles. The zero-order valence-corrected chi connectivity index (χ0v) is 5.86. The maximum Gasteiger partial charge on any atom is 0.329 e. The summed E-state index contributed by atoms with van der Waals surface area (Å²) in [5, 5.41) is 15.0. The summed E-state index contributed by atoms with van der Waals surface area (Å²) in [6.45, 7) is -0.778. The normalized spacial score (nSPS) is 6.17. The fourth-order valence-electron chi connectivity index (χ4n) is 0. The van der Waals surface area contributed by atoms with Gasteiger partial charge in [-0.2, -0.15) is 0 Å². The molecule has 0 atom stereocenters. The molecule has 0 aromatic rings. The van der Waals surface area contributed by atoms with E-state index in [4.69, 9.17) is 15.0 Å². The predicted molar refractivity (Wildman–Crippen MR) is 20.5 cm³/mol. The van der Waals surface area contributed by atoms with Crippen LogP contribution in [0, 0.1) is 0 Å². The Hall–Kier alpha value is 0.229. The summed E-state index contributed by atoms with van der Waals surface area (Å²) in [7, 11) is 0. The quantitative estimate of drug-likeness (QED) is 0.510. The number of carboxylic acid groups (broad SMARTS) is 1. The van der Waals surface area contributed by atoms with Crippen LogP contribution in [-0.2, 0) is 4.79 Å². The fraction of sp³-hybridized carbons (Fsp3) is 0.500. The topological polar surface area (TPSA) is 57.5 Å². The first-order chi connectivity index (χ1) is 2.27. The van der Waals surface area contributed by atoms with Crippen molar-refractivity contribution in [3.05, 3.63) is 0 Å². The van der Waals surface area contributed by atoms with Gasteiger partial charge in [0, 0.05) is 23.9 Å². The maximum absolute atomic E-state index is 9.12. The van der Waals surface area contributed by atoms with Crippen molar-refractivity contribution < 1.29 is 15.0 Å². The van der Waals surface area contributed by atoms with Crippen molar-refractivity contribution in [1.82, 2.24) is 0 Å². The van der Waals surface area contributed by atoms with Gasteiger partial charge in [-0.3, -0.25) is 0 Å². The van der Waals surface area contributed by atoms with Crippen LogP contribution in [0.4, 0.5) is 0 Å². The molecule has 0 saturated carbocycles. The van der Waals surface area contributed by atoms with Gasteiger partial charge >= 0.3 is 5.97 Å². The number of carbonyl (C=O) groups is 1. The summed E-state index contributed by atoms with van der Waals surface area (Å²) in [5.41, 5.74) is 0. The van der Waals surface area contributed by atoms with Gasteiger partial charge in [-0.05, 0) is 0 Å². The zero-order chi connectivity index (χ0) is 4.28. The molecule has 0 aliphatic heterocycles. The summed E-state index contributed by atoms with van der Waals surface area (Å²) in [4.78, 5) is 9.12. The fourth-order valence-corrected chi connectivity index (χ4v) is 0. The van der Waals surface area contributed by atoms with E-state index in [9.17, 15) is 0 Å². The van der Waals surface area contributed by atoms with Gasteiger partial charge in [-0.1, -0.05) is 0 Å². The Morgan fingerprint density at radius 3 is 1.83 bits per heavy atom. The second-order valence-corrected chi connectivity index (χ2v) is 0.552. The molecule has 0 amide bonds. The molecular weight excluding hydrogens is 191 g/mol. The molecule has 0 fully saturated rings. The molecule has 0 bridgehead atoms. The molecule has 0 aromatic carbocycles. The smallest absolute Gasteiger partial charge is 0.329 e. The van der Waals surface area contributed by atoms with Gasteiger partial charge < -0.3 is 10.2 Å². The van der Waals surface area contributed by atoms with E-state index in [0.29, 0.717) is 0 Å². The average molecular weight is 195 g/mol. The van der Waals surface area contributed by atoms with Crippen LogP contribution in [0.15, 0.2) is 0 Å². The summed E-state index contributed by atoms with van der Waals surface area (Å²) >= 11 is 0. The number of rotatable bonds is 1. The van der Waals surface area contributed by atoms with E-state index in [-0.39, 0.29) is 23.9 Å². The number of aliphatic hydroxyl groups excluding tert-OH is 1. The standard InChI is InChI=1S/C2H4O3.Sn/c3-1-2(4)5;/h3H,1H2,(H,4,5);. The molecule has 4 radical (unpaired) electrons. The third-order valence-corrected chi connectivity index (χ3v) is 0.135. The molecule has 6 heavy (non-hydrogen) atoms. The van der Waals surface area contributed by atoms with Crippen LogP contribution in [-0.4, -0.2) is 46.7 Å². The minimum absolute atomic E-state index is 0. The van der Waals surface area contributed by atoms with Crippen molar-refractivity contribution in [2.24, 2.45) is 0 Å². The van der Waals surface area contributed by atoms with Crippen LogP contribution in [0.25, 0.3) is 0 Å². The molecule has 4 heteroatoms. The largest absolute Gasteiger partial charge is 0.480 e. The van der Waals surface area contributed by atoms with Crippen molar-refractivity contribution in [1.29, 1.82) is 0 Å². The molecule has 34 valence electrons. The van der Waals surface area contributed by atoms with Gasteiger partial charge in [0.15, 0.2) is 0 Å². The predicted octanol–water partition coefficient (Wildman–Crippen LogP) is -1.32. The average Bonchev–Trinajstić information content (AvgIpc) is 1.38. The van der Waals surface area contributed by atoms with E-state index in [2.05, 4.69) is 0 Å². The van der Waals surface area contributed by atoms with Gasteiger partial charge in [0.25, 0.3) is 0 Å². The van der Waals surface area contributed by atoms with Crippen LogP contribution < -0.4 is 0 Å². The van der Waals surface area contributed by atoms with Crippen LogP contribution >= 0.6 is 0 Å². The van der Waals surface area contributed by atoms with Crippen molar-refractivity contribution in [3.8, 4) is 0 Å². The Morgan fingerprint density at radius 1 is 1.67 bits per heavy atom. The van der Waals surface area contributed by atoms with Crippen LogP contribution in [0.3, 0.4) is 0 Å². The molecule has 0 aromatic heterocycles. The van der Waals surface area contributed by atoms with Gasteiger partial charge in [0.1, 0.15) is 6.61 Å². The minimum atomic E-state index is -1.19. The summed E-state index contributed by atoms with van der Waals surface area (Å²) in [6.07, 6.45) is 0. The molecule has 0 rings (SSSR count). The first-order valence-electron chi connectivity index (χ1n) is 1.10. The van der Waals surface area contributed by atoms with Crippen molar-refractivity contribution >= 4 is 29.9 Å². The summed E-state index contributed by atoms with van der Waals surface area (Å²) in [5.74, 6) is -1.19. The molecular formula is C2H4O3Sn. The molecule has 0 aliphatic rings. The number of hydrogen-bond donors (Lipinski definition) is 2. The van der Waals surface area contributed by atoms with Gasteiger partial charge in [0.05, 0.1) is 0 Å². The molecule has 0 unspecified atom stereocenters. The van der Waals surface area contributed by atoms with Crippen molar-refractivity contribution in [2.75, 3.05) is 6.61 Å². The maximum atomic E-state index is 9.12. The van der Waals surface area contributed by atoms with E-state index in [1.165, 1.54) is 0 Å². The molecule has 2 N–H and O–H groups in total. The van der Waals surface area contributed by atoms with E-state index in [1.807, 2.05) is 0 Å². The van der Waals surface area contributed by atoms with E-state index in [0.717, 1.165) is 0 Å². The SMILES string of the molecule is O=C(O)CO.[Sn]. The molecule has 0 heterocycles. The Morgan fingerprint density at radius 2 is 1.83 bits per heavy atom. The van der Waals surface area contributed by atoms with E-state index >= 15 is 0 Å². The Balaban J connectivity index is 0. The third kappa shape index (κ3) is 8.87. The van der Waals surface area contributed by atoms with Crippen molar-refractivity contribution in [2.45, 2.75) is 0 Å². The first-order valence-corrected chi connectivity index (χ1v) is 1.10. The Bertz CT molecular complexity index is 44.1. The van der Waals surface area contributed by atoms with Gasteiger partial charge in [-0.25, -0.2) is 4.79 Å². The zero-order valence-electron chi connectivity index (χ0n) is 3.01. The minimum Gasteiger partial charge on any atom is -0.480 e. The second-order valence-electron chi connectivity index (χ2n) is 0.552. The second kappa shape index (κ2) is 5.23. The first kappa shape index (κ1) is 9.52. The Labute approximate surface area is 51.9 Å². The Kier molecular flexibility index (Phi) is 8.30. The van der Waals surface area contributed by atoms with Crippen LogP contribution in [0.1, 0.15) is 0 Å². The van der Waals surface area contributed by atoms with Crippen LogP contribution in [0.5, 0.6) is 0 Å². The summed E-state index contributed by atoms with van der Waals surface area (Å²) in [6, 6.07) is 0. The van der Waals surface area contributed by atoms with Gasteiger partial charge in [0.2, 0.25) is 0 Å². The molecule has 0 saturated heterocycles. The molecule has 3 nitrogen and oxygen atoms in total. The summed E-state index contributed by atoms with van der Waals surface area (Å²) < 4.78 is 0. The monoisotopic (exact) mass is 196 g/mol. The van der Waals surface area contributed by atoms with E-state index < -0.39 is 12.6 Å².